The minimum absolute atomic E-state index is 0.148. The summed E-state index contributed by atoms with van der Waals surface area (Å²) in [7, 11) is -0.577. The number of rotatable bonds is 7. The fourth-order valence-electron chi connectivity index (χ4n) is 3.38. The number of aryl methyl sites for hydroxylation is 1. The largest absolute Gasteiger partial charge is 0.325 e. The van der Waals surface area contributed by atoms with Gasteiger partial charge in [-0.1, -0.05) is 12.1 Å². The van der Waals surface area contributed by atoms with E-state index in [2.05, 4.69) is 20.1 Å². The van der Waals surface area contributed by atoms with Crippen LogP contribution in [-0.4, -0.2) is 80.2 Å². The molecule has 9 heteroatoms. The van der Waals surface area contributed by atoms with Crippen LogP contribution in [0.4, 0.5) is 5.69 Å². The second-order valence-electron chi connectivity index (χ2n) is 7.69. The first-order valence-corrected chi connectivity index (χ1v) is 11.4. The SMILES string of the molecule is Cc1ccc(NC(=O)CN2CCN(Cc3ccccn3)CC2)cc1S(=O)(=O)N(C)C. The van der Waals surface area contributed by atoms with E-state index < -0.39 is 10.0 Å². The lowest BCUT2D eigenvalue weighted by Gasteiger charge is -2.34. The Morgan fingerprint density at radius 1 is 1.10 bits per heavy atom. The highest BCUT2D eigenvalue weighted by atomic mass is 32.2. The fourth-order valence-corrected chi connectivity index (χ4v) is 4.53. The van der Waals surface area contributed by atoms with Crippen molar-refractivity contribution in [2.45, 2.75) is 18.4 Å². The molecule has 0 aliphatic carbocycles. The van der Waals surface area contributed by atoms with Gasteiger partial charge in [0.25, 0.3) is 0 Å². The average molecular weight is 432 g/mol. The summed E-state index contributed by atoms with van der Waals surface area (Å²) in [4.78, 5) is 21.5. The monoisotopic (exact) mass is 431 g/mol. The van der Waals surface area contributed by atoms with Gasteiger partial charge in [-0.25, -0.2) is 12.7 Å². The molecule has 0 unspecified atom stereocenters. The fraction of sp³-hybridized carbons (Fsp3) is 0.429. The molecule has 30 heavy (non-hydrogen) atoms. The number of carbonyl (C=O) groups is 1. The highest BCUT2D eigenvalue weighted by Gasteiger charge is 2.22. The number of hydrogen-bond acceptors (Lipinski definition) is 6. The van der Waals surface area contributed by atoms with E-state index in [0.29, 0.717) is 11.3 Å². The van der Waals surface area contributed by atoms with Gasteiger partial charge in [-0.2, -0.15) is 0 Å². The van der Waals surface area contributed by atoms with Gasteiger partial charge in [-0.15, -0.1) is 0 Å². The number of anilines is 1. The summed E-state index contributed by atoms with van der Waals surface area (Å²) in [5, 5.41) is 2.83. The summed E-state index contributed by atoms with van der Waals surface area (Å²) < 4.78 is 26.1. The highest BCUT2D eigenvalue weighted by Crippen LogP contribution is 2.22. The predicted octanol–water partition coefficient (Wildman–Crippen LogP) is 1.40. The molecule has 0 spiro atoms. The number of nitrogens with zero attached hydrogens (tertiary/aromatic N) is 4. The van der Waals surface area contributed by atoms with E-state index in [1.807, 2.05) is 18.2 Å². The van der Waals surface area contributed by atoms with Crippen molar-refractivity contribution in [3.63, 3.8) is 0 Å². The molecule has 3 rings (SSSR count). The average Bonchev–Trinajstić information content (AvgIpc) is 2.71. The van der Waals surface area contributed by atoms with Gasteiger partial charge in [0.1, 0.15) is 0 Å². The van der Waals surface area contributed by atoms with E-state index >= 15 is 0 Å². The van der Waals surface area contributed by atoms with E-state index in [4.69, 9.17) is 0 Å². The second kappa shape index (κ2) is 9.65. The maximum atomic E-state index is 12.5. The summed E-state index contributed by atoms with van der Waals surface area (Å²) in [5.41, 5.74) is 2.18. The molecule has 0 radical (unpaired) electrons. The third-order valence-electron chi connectivity index (χ3n) is 5.17. The number of carbonyl (C=O) groups excluding carboxylic acids is 1. The zero-order valence-corrected chi connectivity index (χ0v) is 18.5. The van der Waals surface area contributed by atoms with Crippen LogP contribution in [0.2, 0.25) is 0 Å². The Balaban J connectivity index is 1.53. The van der Waals surface area contributed by atoms with E-state index in [9.17, 15) is 13.2 Å². The highest BCUT2D eigenvalue weighted by molar-refractivity contribution is 7.89. The van der Waals surface area contributed by atoms with Crippen molar-refractivity contribution >= 4 is 21.6 Å². The summed E-state index contributed by atoms with van der Waals surface area (Å²) in [6.45, 7) is 6.18. The zero-order valence-electron chi connectivity index (χ0n) is 17.7. The van der Waals surface area contributed by atoms with Crippen molar-refractivity contribution in [3.8, 4) is 0 Å². The summed E-state index contributed by atoms with van der Waals surface area (Å²) in [5.74, 6) is -0.148. The van der Waals surface area contributed by atoms with Crippen molar-refractivity contribution in [1.29, 1.82) is 0 Å². The number of nitrogens with one attached hydrogen (secondary N) is 1. The summed E-state index contributed by atoms with van der Waals surface area (Å²) in [6.07, 6.45) is 1.80. The van der Waals surface area contributed by atoms with Crippen LogP contribution in [0.3, 0.4) is 0 Å². The van der Waals surface area contributed by atoms with E-state index in [0.717, 1.165) is 38.4 Å². The van der Waals surface area contributed by atoms with Crippen LogP contribution in [0.25, 0.3) is 0 Å². The topological polar surface area (TPSA) is 85.9 Å². The molecular formula is C21H29N5O3S. The van der Waals surface area contributed by atoms with Gasteiger partial charge >= 0.3 is 0 Å². The number of sulfonamides is 1. The molecule has 2 aromatic rings. The smallest absolute Gasteiger partial charge is 0.242 e. The third-order valence-corrected chi connectivity index (χ3v) is 7.13. The molecule has 1 amide bonds. The lowest BCUT2D eigenvalue weighted by molar-refractivity contribution is -0.117. The van der Waals surface area contributed by atoms with Gasteiger partial charge in [0.05, 0.1) is 17.1 Å². The number of benzene rings is 1. The van der Waals surface area contributed by atoms with Crippen molar-refractivity contribution < 1.29 is 13.2 Å². The lowest BCUT2D eigenvalue weighted by Crippen LogP contribution is -2.48. The Kier molecular flexibility index (Phi) is 7.19. The number of aromatic nitrogens is 1. The van der Waals surface area contributed by atoms with Crippen LogP contribution in [0, 0.1) is 6.92 Å². The van der Waals surface area contributed by atoms with Gasteiger partial charge in [-0.3, -0.25) is 19.6 Å². The lowest BCUT2D eigenvalue weighted by atomic mass is 10.2. The quantitative estimate of drug-likeness (QED) is 0.713. The summed E-state index contributed by atoms with van der Waals surface area (Å²) >= 11 is 0. The zero-order chi connectivity index (χ0) is 21.7. The van der Waals surface area contributed by atoms with Crippen LogP contribution < -0.4 is 5.32 Å². The van der Waals surface area contributed by atoms with Crippen molar-refractivity contribution in [3.05, 3.63) is 53.9 Å². The minimum Gasteiger partial charge on any atom is -0.325 e. The van der Waals surface area contributed by atoms with Crippen molar-refractivity contribution in [2.75, 3.05) is 52.1 Å². The molecule has 0 saturated carbocycles. The molecule has 0 bridgehead atoms. The third kappa shape index (κ3) is 5.63. The standard InChI is InChI=1S/C21H29N5O3S/c1-17-7-8-18(14-20(17)30(28,29)24(2)3)23-21(27)16-26-12-10-25(11-13-26)15-19-6-4-5-9-22-19/h4-9,14H,10-13,15-16H2,1-3H3,(H,23,27). The first-order valence-electron chi connectivity index (χ1n) is 9.93. The number of piperazine rings is 1. The molecule has 2 heterocycles. The van der Waals surface area contributed by atoms with Gasteiger partial charge in [0, 0.05) is 58.7 Å². The Bertz CT molecular complexity index is 971. The van der Waals surface area contributed by atoms with E-state index in [-0.39, 0.29) is 17.3 Å². The predicted molar refractivity (Wildman–Crippen MR) is 117 cm³/mol. The normalized spacial score (nSPS) is 16.0. The van der Waals surface area contributed by atoms with Gasteiger partial charge in [-0.05, 0) is 36.8 Å². The van der Waals surface area contributed by atoms with Crippen LogP contribution in [0.5, 0.6) is 0 Å². The van der Waals surface area contributed by atoms with Crippen LogP contribution in [0.1, 0.15) is 11.3 Å². The van der Waals surface area contributed by atoms with Crippen molar-refractivity contribution in [2.24, 2.45) is 0 Å². The van der Waals surface area contributed by atoms with Crippen LogP contribution in [0.15, 0.2) is 47.5 Å². The van der Waals surface area contributed by atoms with E-state index in [1.54, 1.807) is 25.3 Å². The Hall–Kier alpha value is -2.33. The first-order chi connectivity index (χ1) is 14.3. The molecule has 162 valence electrons. The summed E-state index contributed by atoms with van der Waals surface area (Å²) in [6, 6.07) is 10.9. The van der Waals surface area contributed by atoms with Gasteiger partial charge in [0.2, 0.25) is 15.9 Å². The molecule has 1 saturated heterocycles. The molecule has 1 aliphatic heterocycles. The Labute approximate surface area is 178 Å². The molecule has 1 aromatic heterocycles. The van der Waals surface area contributed by atoms with Gasteiger partial charge < -0.3 is 5.32 Å². The maximum Gasteiger partial charge on any atom is 0.242 e. The molecule has 8 nitrogen and oxygen atoms in total. The van der Waals surface area contributed by atoms with Crippen molar-refractivity contribution in [1.82, 2.24) is 19.1 Å². The molecule has 1 N–H and O–H groups in total. The first kappa shape index (κ1) is 22.4. The molecule has 0 atom stereocenters. The van der Waals surface area contributed by atoms with Gasteiger partial charge in [0.15, 0.2) is 0 Å². The van der Waals surface area contributed by atoms with Crippen LogP contribution in [-0.2, 0) is 21.4 Å². The number of hydrogen-bond donors (Lipinski definition) is 1. The molecule has 1 aliphatic rings. The number of amides is 1. The minimum atomic E-state index is -3.56. The van der Waals surface area contributed by atoms with E-state index in [1.165, 1.54) is 24.5 Å². The second-order valence-corrected chi connectivity index (χ2v) is 9.81. The maximum absolute atomic E-state index is 12.5. The van der Waals surface area contributed by atoms with Crippen LogP contribution >= 0.6 is 0 Å². The molecular weight excluding hydrogens is 402 g/mol. The Morgan fingerprint density at radius 3 is 2.43 bits per heavy atom. The molecule has 1 aromatic carbocycles. The Morgan fingerprint density at radius 2 is 1.80 bits per heavy atom. The molecule has 1 fully saturated rings. The number of pyridine rings is 1.